The second-order valence-electron chi connectivity index (χ2n) is 13.0. The van der Waals surface area contributed by atoms with E-state index >= 15 is 0 Å². The average molecular weight is 635 g/mol. The summed E-state index contributed by atoms with van der Waals surface area (Å²) in [4.78, 5) is 24.1. The second kappa shape index (κ2) is 36.8. The molecular formula is C40H74O5. The van der Waals surface area contributed by atoms with E-state index in [1.165, 1.54) is 128 Å². The molecule has 0 aromatic rings. The number of hydrogen-bond donors (Lipinski definition) is 1. The fraction of sp³-hybridized carbons (Fsp3) is 0.850. The minimum absolute atomic E-state index is 0.0631. The van der Waals surface area contributed by atoms with E-state index in [0.717, 1.165) is 44.9 Å². The monoisotopic (exact) mass is 635 g/mol. The smallest absolute Gasteiger partial charge is 0.306 e. The Kier molecular flexibility index (Phi) is 35.5. The van der Waals surface area contributed by atoms with Crippen LogP contribution in [0.5, 0.6) is 0 Å². The van der Waals surface area contributed by atoms with E-state index < -0.39 is 6.10 Å². The zero-order chi connectivity index (χ0) is 32.9. The highest BCUT2D eigenvalue weighted by Gasteiger charge is 2.16. The Labute approximate surface area is 279 Å². The molecule has 0 amide bonds. The number of hydrogen-bond acceptors (Lipinski definition) is 5. The summed E-state index contributed by atoms with van der Waals surface area (Å²) in [5, 5.41) is 9.51. The topological polar surface area (TPSA) is 72.8 Å². The molecule has 1 N–H and O–H groups in total. The van der Waals surface area contributed by atoms with Gasteiger partial charge in [-0.25, -0.2) is 0 Å². The lowest BCUT2D eigenvalue weighted by Gasteiger charge is -2.15. The fourth-order valence-electron chi connectivity index (χ4n) is 5.53. The molecule has 0 radical (unpaired) electrons. The summed E-state index contributed by atoms with van der Waals surface area (Å²) in [6.45, 7) is 4.10. The number of rotatable bonds is 35. The molecule has 0 saturated carbocycles. The maximum absolute atomic E-state index is 12.1. The van der Waals surface area contributed by atoms with Crippen LogP contribution in [-0.4, -0.2) is 36.4 Å². The normalized spacial score (nSPS) is 12.3. The highest BCUT2D eigenvalue weighted by Crippen LogP contribution is 2.14. The Bertz CT molecular complexity index is 686. The van der Waals surface area contributed by atoms with Crippen LogP contribution in [0.3, 0.4) is 0 Å². The van der Waals surface area contributed by atoms with Gasteiger partial charge in [0.1, 0.15) is 6.61 Å². The molecule has 1 atom stereocenters. The Hall–Kier alpha value is -1.62. The maximum Gasteiger partial charge on any atom is 0.306 e. The number of aliphatic hydroxyl groups is 1. The van der Waals surface area contributed by atoms with Gasteiger partial charge in [-0.1, -0.05) is 167 Å². The first-order valence-electron chi connectivity index (χ1n) is 19.4. The largest absolute Gasteiger partial charge is 0.462 e. The van der Waals surface area contributed by atoms with Crippen molar-refractivity contribution in [3.05, 3.63) is 24.3 Å². The van der Waals surface area contributed by atoms with Crippen LogP contribution in [0, 0.1) is 0 Å². The first-order valence-corrected chi connectivity index (χ1v) is 19.4. The highest BCUT2D eigenvalue weighted by atomic mass is 16.6. The molecule has 1 unspecified atom stereocenters. The van der Waals surface area contributed by atoms with E-state index in [4.69, 9.17) is 9.47 Å². The van der Waals surface area contributed by atoms with Gasteiger partial charge in [-0.05, 0) is 44.9 Å². The predicted octanol–water partition coefficient (Wildman–Crippen LogP) is 11.9. The van der Waals surface area contributed by atoms with Crippen LogP contribution in [0.1, 0.15) is 200 Å². The van der Waals surface area contributed by atoms with Crippen LogP contribution < -0.4 is 0 Å². The molecule has 5 nitrogen and oxygen atoms in total. The van der Waals surface area contributed by atoms with E-state index in [2.05, 4.69) is 38.2 Å². The Morgan fingerprint density at radius 3 is 1.31 bits per heavy atom. The third-order valence-electron chi connectivity index (χ3n) is 8.50. The Balaban J connectivity index is 3.49. The fourth-order valence-corrected chi connectivity index (χ4v) is 5.53. The number of unbranched alkanes of at least 4 members (excludes halogenated alkanes) is 23. The summed E-state index contributed by atoms with van der Waals surface area (Å²) in [5.41, 5.74) is 0. The second-order valence-corrected chi connectivity index (χ2v) is 13.0. The molecule has 0 bridgehead atoms. The molecule has 0 saturated heterocycles. The van der Waals surface area contributed by atoms with Crippen molar-refractivity contribution in [3.8, 4) is 0 Å². The highest BCUT2D eigenvalue weighted by molar-refractivity contribution is 5.70. The number of carbonyl (C=O) groups excluding carboxylic acids is 2. The van der Waals surface area contributed by atoms with Crippen LogP contribution in [0.4, 0.5) is 0 Å². The lowest BCUT2D eigenvalue weighted by molar-refractivity contribution is -0.161. The van der Waals surface area contributed by atoms with Gasteiger partial charge in [0, 0.05) is 12.8 Å². The van der Waals surface area contributed by atoms with Crippen LogP contribution in [0.25, 0.3) is 0 Å². The average Bonchev–Trinajstić information content (AvgIpc) is 3.04. The number of carbonyl (C=O) groups is 2. The summed E-state index contributed by atoms with van der Waals surface area (Å²) in [6, 6.07) is 0. The maximum atomic E-state index is 12.1. The third kappa shape index (κ3) is 35.1. The molecule has 264 valence electrons. The van der Waals surface area contributed by atoms with E-state index in [1.54, 1.807) is 0 Å². The van der Waals surface area contributed by atoms with E-state index in [0.29, 0.717) is 12.8 Å². The molecule has 0 aromatic carbocycles. The molecule has 5 heteroatoms. The number of esters is 2. The number of aliphatic hydroxyl groups excluding tert-OH is 1. The minimum atomic E-state index is -0.765. The van der Waals surface area contributed by atoms with Crippen molar-refractivity contribution < 1.29 is 24.2 Å². The van der Waals surface area contributed by atoms with E-state index in [-0.39, 0.29) is 25.2 Å². The van der Waals surface area contributed by atoms with Gasteiger partial charge in [0.25, 0.3) is 0 Å². The molecule has 45 heavy (non-hydrogen) atoms. The standard InChI is InChI=1S/C40H74O5/c1-3-5-7-9-11-13-14-15-16-17-18-19-20-21-22-23-24-25-26-27-29-31-33-35-40(43)45-38(36-41)37-44-39(42)34-32-30-28-12-10-8-6-4-2/h14-15,17-18,38,41H,3-13,16,19-37H2,1-2H3/b15-14-,18-17-. The summed E-state index contributed by atoms with van der Waals surface area (Å²) < 4.78 is 10.5. The lowest BCUT2D eigenvalue weighted by atomic mass is 10.0. The molecular weight excluding hydrogens is 560 g/mol. The van der Waals surface area contributed by atoms with Crippen molar-refractivity contribution in [2.75, 3.05) is 13.2 Å². The van der Waals surface area contributed by atoms with Gasteiger partial charge >= 0.3 is 11.9 Å². The zero-order valence-electron chi connectivity index (χ0n) is 29.9. The van der Waals surface area contributed by atoms with E-state index in [1.807, 2.05) is 0 Å². The molecule has 0 spiro atoms. The van der Waals surface area contributed by atoms with Gasteiger partial charge in [0.15, 0.2) is 6.10 Å². The van der Waals surface area contributed by atoms with Gasteiger partial charge < -0.3 is 14.6 Å². The zero-order valence-corrected chi connectivity index (χ0v) is 29.9. The predicted molar refractivity (Wildman–Crippen MR) is 191 cm³/mol. The molecule has 0 aromatic heterocycles. The molecule has 0 aliphatic heterocycles. The molecule has 0 heterocycles. The number of allylic oxidation sites excluding steroid dienone is 4. The summed E-state index contributed by atoms with van der Waals surface area (Å²) in [5.74, 6) is -0.593. The SMILES string of the molecule is CCCCCCC/C=C\C/C=C\CCCCCCCCCCCCCC(=O)OC(CO)COC(=O)CCCCCCCCCC. The van der Waals surface area contributed by atoms with Crippen molar-refractivity contribution >= 4 is 11.9 Å². The van der Waals surface area contributed by atoms with E-state index in [9.17, 15) is 14.7 Å². The van der Waals surface area contributed by atoms with Crippen LogP contribution in [-0.2, 0) is 19.1 Å². The Morgan fingerprint density at radius 2 is 0.889 bits per heavy atom. The molecule has 0 fully saturated rings. The van der Waals surface area contributed by atoms with Crippen LogP contribution in [0.15, 0.2) is 24.3 Å². The number of ether oxygens (including phenoxy) is 2. The molecule has 0 aliphatic rings. The lowest BCUT2D eigenvalue weighted by Crippen LogP contribution is -2.28. The van der Waals surface area contributed by atoms with Crippen molar-refractivity contribution in [3.63, 3.8) is 0 Å². The Morgan fingerprint density at radius 1 is 0.511 bits per heavy atom. The first-order chi connectivity index (χ1) is 22.1. The summed E-state index contributed by atoms with van der Waals surface area (Å²) in [7, 11) is 0. The molecule has 0 aliphatic carbocycles. The van der Waals surface area contributed by atoms with Gasteiger partial charge in [-0.2, -0.15) is 0 Å². The van der Waals surface area contributed by atoms with Crippen molar-refractivity contribution in [2.24, 2.45) is 0 Å². The van der Waals surface area contributed by atoms with Crippen molar-refractivity contribution in [2.45, 2.75) is 206 Å². The van der Waals surface area contributed by atoms with Crippen LogP contribution in [0.2, 0.25) is 0 Å². The van der Waals surface area contributed by atoms with Gasteiger partial charge in [0.2, 0.25) is 0 Å². The van der Waals surface area contributed by atoms with Crippen molar-refractivity contribution in [1.82, 2.24) is 0 Å². The summed E-state index contributed by atoms with van der Waals surface area (Å²) in [6.07, 6.45) is 42.5. The first kappa shape index (κ1) is 43.4. The van der Waals surface area contributed by atoms with Gasteiger partial charge in [-0.15, -0.1) is 0 Å². The van der Waals surface area contributed by atoms with Crippen LogP contribution >= 0.6 is 0 Å². The summed E-state index contributed by atoms with van der Waals surface area (Å²) >= 11 is 0. The quantitative estimate of drug-likeness (QED) is 0.0426. The van der Waals surface area contributed by atoms with Crippen molar-refractivity contribution in [1.29, 1.82) is 0 Å². The molecule has 0 rings (SSSR count). The minimum Gasteiger partial charge on any atom is -0.462 e. The van der Waals surface area contributed by atoms with Gasteiger partial charge in [-0.3, -0.25) is 9.59 Å². The third-order valence-corrected chi connectivity index (χ3v) is 8.50. The van der Waals surface area contributed by atoms with Gasteiger partial charge in [0.05, 0.1) is 6.61 Å².